The minimum Gasteiger partial charge on any atom is -0.300 e. The summed E-state index contributed by atoms with van der Waals surface area (Å²) in [6, 6.07) is 10.7. The van der Waals surface area contributed by atoms with Gasteiger partial charge in [0.2, 0.25) is 0 Å². The van der Waals surface area contributed by atoms with Crippen molar-refractivity contribution in [1.82, 2.24) is 0 Å². The summed E-state index contributed by atoms with van der Waals surface area (Å²) >= 11 is 0. The Morgan fingerprint density at radius 2 is 1.88 bits per heavy atom. The van der Waals surface area contributed by atoms with Gasteiger partial charge in [0, 0.05) is 18.3 Å². The second kappa shape index (κ2) is 3.73. The van der Waals surface area contributed by atoms with Crippen molar-refractivity contribution in [3.8, 4) is 0 Å². The van der Waals surface area contributed by atoms with Crippen molar-refractivity contribution in [2.75, 3.05) is 0 Å². The average Bonchev–Trinajstić information content (AvgIpc) is 3.14. The predicted octanol–water partition coefficient (Wildman–Crippen LogP) is 3.48. The lowest BCUT2D eigenvalue weighted by atomic mass is 9.66. The zero-order valence-electron chi connectivity index (χ0n) is 9.61. The van der Waals surface area contributed by atoms with Crippen LogP contribution >= 0.6 is 0 Å². The molecule has 2 saturated carbocycles. The van der Waals surface area contributed by atoms with Gasteiger partial charge in [-0.3, -0.25) is 4.79 Å². The van der Waals surface area contributed by atoms with Crippen LogP contribution in [0.2, 0.25) is 0 Å². The molecule has 1 nitrogen and oxygen atoms in total. The van der Waals surface area contributed by atoms with Crippen LogP contribution < -0.4 is 0 Å². The Balaban J connectivity index is 1.99. The van der Waals surface area contributed by atoms with Crippen molar-refractivity contribution < 1.29 is 4.79 Å². The molecule has 0 spiro atoms. The maximum absolute atomic E-state index is 11.8. The van der Waals surface area contributed by atoms with E-state index in [9.17, 15) is 4.79 Å². The fourth-order valence-corrected chi connectivity index (χ4v) is 3.37. The number of hydrogen-bond donors (Lipinski definition) is 0. The Hall–Kier alpha value is -1.11. The number of benzene rings is 1. The Bertz CT molecular complexity index is 391. The van der Waals surface area contributed by atoms with Gasteiger partial charge < -0.3 is 0 Å². The molecule has 0 saturated heterocycles. The summed E-state index contributed by atoms with van der Waals surface area (Å²) in [6.07, 6.45) is 6.55. The van der Waals surface area contributed by atoms with E-state index in [1.807, 2.05) is 0 Å². The lowest BCUT2D eigenvalue weighted by Gasteiger charge is -2.37. The molecule has 0 aromatic heterocycles. The van der Waals surface area contributed by atoms with Gasteiger partial charge in [-0.25, -0.2) is 0 Å². The first-order chi connectivity index (χ1) is 7.81. The summed E-state index contributed by atoms with van der Waals surface area (Å²) in [6.45, 7) is 0. The number of hydrogen-bond acceptors (Lipinski definition) is 1. The van der Waals surface area contributed by atoms with Crippen LogP contribution in [0.15, 0.2) is 30.3 Å². The van der Waals surface area contributed by atoms with Crippen LogP contribution in [-0.2, 0) is 10.2 Å². The predicted molar refractivity (Wildman–Crippen MR) is 64.3 cm³/mol. The molecule has 1 unspecified atom stereocenters. The molecule has 2 aliphatic rings. The van der Waals surface area contributed by atoms with Gasteiger partial charge in [0.15, 0.2) is 0 Å². The van der Waals surface area contributed by atoms with Crippen LogP contribution in [0.25, 0.3) is 0 Å². The van der Waals surface area contributed by atoms with E-state index in [0.717, 1.165) is 25.2 Å². The highest BCUT2D eigenvalue weighted by atomic mass is 16.1. The molecule has 2 aliphatic carbocycles. The second-order valence-electron chi connectivity index (χ2n) is 5.37. The first-order valence-corrected chi connectivity index (χ1v) is 6.38. The average molecular weight is 214 g/mol. The van der Waals surface area contributed by atoms with Crippen molar-refractivity contribution in [1.29, 1.82) is 0 Å². The van der Waals surface area contributed by atoms with Gasteiger partial charge in [0.25, 0.3) is 0 Å². The van der Waals surface area contributed by atoms with Gasteiger partial charge in [-0.05, 0) is 37.2 Å². The number of carbonyl (C=O) groups is 1. The van der Waals surface area contributed by atoms with Crippen LogP contribution in [0.4, 0.5) is 0 Å². The summed E-state index contributed by atoms with van der Waals surface area (Å²) in [5.41, 5.74) is 1.61. The zero-order valence-corrected chi connectivity index (χ0v) is 9.61. The lowest BCUT2D eigenvalue weighted by molar-refractivity contribution is -0.122. The number of ketones is 1. The van der Waals surface area contributed by atoms with Gasteiger partial charge in [-0.15, -0.1) is 0 Å². The van der Waals surface area contributed by atoms with Crippen molar-refractivity contribution in [2.24, 2.45) is 5.92 Å². The Labute approximate surface area is 96.9 Å². The third-order valence-corrected chi connectivity index (χ3v) is 4.30. The highest BCUT2D eigenvalue weighted by Crippen LogP contribution is 2.54. The molecule has 16 heavy (non-hydrogen) atoms. The van der Waals surface area contributed by atoms with Gasteiger partial charge >= 0.3 is 0 Å². The third kappa shape index (κ3) is 1.59. The quantitative estimate of drug-likeness (QED) is 0.736. The number of carbonyl (C=O) groups excluding carboxylic acids is 1. The second-order valence-corrected chi connectivity index (χ2v) is 5.37. The number of rotatable bonds is 2. The highest BCUT2D eigenvalue weighted by Gasteiger charge is 2.48. The van der Waals surface area contributed by atoms with Gasteiger partial charge in [-0.2, -0.15) is 0 Å². The smallest absolute Gasteiger partial charge is 0.133 e. The van der Waals surface area contributed by atoms with E-state index in [-0.39, 0.29) is 5.41 Å². The van der Waals surface area contributed by atoms with E-state index < -0.39 is 0 Å². The summed E-state index contributed by atoms with van der Waals surface area (Å²) in [7, 11) is 0. The lowest BCUT2D eigenvalue weighted by Crippen LogP contribution is -2.35. The molecule has 0 amide bonds. The molecule has 84 valence electrons. The monoisotopic (exact) mass is 214 g/mol. The van der Waals surface area contributed by atoms with Crippen molar-refractivity contribution in [2.45, 2.75) is 43.9 Å². The molecule has 1 aromatic rings. The molecule has 2 fully saturated rings. The van der Waals surface area contributed by atoms with Crippen molar-refractivity contribution in [3.05, 3.63) is 35.9 Å². The van der Waals surface area contributed by atoms with E-state index in [4.69, 9.17) is 0 Å². The van der Waals surface area contributed by atoms with E-state index in [2.05, 4.69) is 30.3 Å². The first kappa shape index (κ1) is 10.1. The van der Waals surface area contributed by atoms with Crippen LogP contribution in [0.1, 0.15) is 44.1 Å². The zero-order chi connectivity index (χ0) is 11.0. The molecular weight excluding hydrogens is 196 g/mol. The number of Topliss-reactive ketones (excluding diaryl/α,β-unsaturated/α-hetero) is 1. The van der Waals surface area contributed by atoms with Crippen molar-refractivity contribution >= 4 is 5.78 Å². The molecule has 0 radical (unpaired) electrons. The molecule has 1 heteroatoms. The van der Waals surface area contributed by atoms with Crippen LogP contribution in [0.3, 0.4) is 0 Å². The van der Waals surface area contributed by atoms with E-state index in [1.54, 1.807) is 0 Å². The van der Waals surface area contributed by atoms with Gasteiger partial charge in [0.1, 0.15) is 5.78 Å². The maximum Gasteiger partial charge on any atom is 0.133 e. The van der Waals surface area contributed by atoms with E-state index in [0.29, 0.717) is 5.78 Å². The molecule has 0 N–H and O–H groups in total. The minimum absolute atomic E-state index is 0.205. The maximum atomic E-state index is 11.8. The summed E-state index contributed by atoms with van der Waals surface area (Å²) < 4.78 is 0. The highest BCUT2D eigenvalue weighted by molar-refractivity contribution is 5.81. The van der Waals surface area contributed by atoms with E-state index >= 15 is 0 Å². The molecule has 1 aromatic carbocycles. The van der Waals surface area contributed by atoms with Crippen LogP contribution in [0, 0.1) is 5.92 Å². The fourth-order valence-electron chi connectivity index (χ4n) is 3.37. The normalized spacial score (nSPS) is 30.4. The van der Waals surface area contributed by atoms with Crippen LogP contribution in [-0.4, -0.2) is 5.78 Å². The third-order valence-electron chi connectivity index (χ3n) is 4.30. The first-order valence-electron chi connectivity index (χ1n) is 6.38. The van der Waals surface area contributed by atoms with E-state index in [1.165, 1.54) is 24.8 Å². The summed E-state index contributed by atoms with van der Waals surface area (Å²) in [5.74, 6) is 1.25. The fraction of sp³-hybridized carbons (Fsp3) is 0.533. The minimum atomic E-state index is 0.205. The summed E-state index contributed by atoms with van der Waals surface area (Å²) in [4.78, 5) is 11.8. The Morgan fingerprint density at radius 1 is 1.12 bits per heavy atom. The van der Waals surface area contributed by atoms with Gasteiger partial charge in [-0.1, -0.05) is 30.3 Å². The molecule has 1 atom stereocenters. The molecule has 0 heterocycles. The molecule has 3 rings (SSSR count). The largest absolute Gasteiger partial charge is 0.300 e. The topological polar surface area (TPSA) is 17.1 Å². The summed E-state index contributed by atoms with van der Waals surface area (Å²) in [5, 5.41) is 0. The Kier molecular flexibility index (Phi) is 2.34. The molecule has 0 aliphatic heterocycles. The SMILES string of the molecule is O=C1CCCC(c2ccccc2)(C2CC2)C1. The standard InChI is InChI=1S/C15H18O/c16-14-7-4-10-15(11-14,13-8-9-13)12-5-2-1-3-6-12/h1-3,5-6,13H,4,7-11H2. The molecular formula is C15H18O. The molecule has 0 bridgehead atoms. The van der Waals surface area contributed by atoms with Crippen molar-refractivity contribution in [3.63, 3.8) is 0 Å². The van der Waals surface area contributed by atoms with Crippen LogP contribution in [0.5, 0.6) is 0 Å². The van der Waals surface area contributed by atoms with Gasteiger partial charge in [0.05, 0.1) is 0 Å². The Morgan fingerprint density at radius 3 is 2.50 bits per heavy atom.